The molecule has 0 radical (unpaired) electrons. The lowest BCUT2D eigenvalue weighted by Gasteiger charge is -2.23. The number of carbonyl (C=O) groups excluding carboxylic acids is 2. The molecule has 8 nitrogen and oxygen atoms in total. The number of hydrogen-bond acceptors (Lipinski definition) is 7. The number of benzene rings is 2. The zero-order chi connectivity index (χ0) is 21.8. The maximum absolute atomic E-state index is 13.3. The average Bonchev–Trinajstić information content (AvgIpc) is 3.26. The molecule has 0 fully saturated rings. The number of methoxy groups -OCH3 is 1. The van der Waals surface area contributed by atoms with Gasteiger partial charge >= 0.3 is 5.97 Å². The molecule has 0 bridgehead atoms. The smallest absolute Gasteiger partial charge is 0.354 e. The molecular formula is C23H22N4O4. The van der Waals surface area contributed by atoms with Crippen molar-refractivity contribution in [2.24, 2.45) is 5.10 Å². The molecule has 1 aliphatic heterocycles. The molecule has 31 heavy (non-hydrogen) atoms. The van der Waals surface area contributed by atoms with Crippen molar-refractivity contribution in [1.29, 1.82) is 0 Å². The summed E-state index contributed by atoms with van der Waals surface area (Å²) < 4.78 is 10.5. The summed E-state index contributed by atoms with van der Waals surface area (Å²) in [6.45, 7) is 1.97. The fourth-order valence-electron chi connectivity index (χ4n) is 3.51. The molecule has 1 amide bonds. The van der Waals surface area contributed by atoms with Gasteiger partial charge in [-0.3, -0.25) is 14.8 Å². The van der Waals surface area contributed by atoms with Crippen LogP contribution < -0.4 is 15.1 Å². The Morgan fingerprint density at radius 2 is 1.94 bits per heavy atom. The zero-order valence-electron chi connectivity index (χ0n) is 17.2. The average molecular weight is 418 g/mol. The molecule has 1 N–H and O–H groups in total. The number of aromatic nitrogens is 1. The number of para-hydroxylation sites is 1. The predicted octanol–water partition coefficient (Wildman–Crippen LogP) is 3.38. The van der Waals surface area contributed by atoms with Crippen LogP contribution in [0.2, 0.25) is 0 Å². The van der Waals surface area contributed by atoms with Gasteiger partial charge in [-0.15, -0.1) is 0 Å². The highest BCUT2D eigenvalue weighted by Gasteiger charge is 2.37. The number of hydrazone groups is 1. The van der Waals surface area contributed by atoms with Crippen LogP contribution in [0.15, 0.2) is 65.9 Å². The van der Waals surface area contributed by atoms with Gasteiger partial charge in [0.15, 0.2) is 0 Å². The monoisotopic (exact) mass is 418 g/mol. The van der Waals surface area contributed by atoms with E-state index in [4.69, 9.17) is 9.47 Å². The lowest BCUT2D eigenvalue weighted by Crippen LogP contribution is -2.38. The molecule has 0 saturated carbocycles. The maximum Gasteiger partial charge on any atom is 0.354 e. The molecule has 0 aliphatic carbocycles. The Kier molecular flexibility index (Phi) is 5.79. The number of amides is 1. The van der Waals surface area contributed by atoms with E-state index in [1.807, 2.05) is 36.4 Å². The normalized spacial score (nSPS) is 15.5. The lowest BCUT2D eigenvalue weighted by atomic mass is 10.1. The van der Waals surface area contributed by atoms with Crippen molar-refractivity contribution in [2.45, 2.75) is 19.4 Å². The molecule has 1 aromatic heterocycles. The van der Waals surface area contributed by atoms with Crippen molar-refractivity contribution >= 4 is 39.9 Å². The van der Waals surface area contributed by atoms with E-state index in [-0.39, 0.29) is 24.6 Å². The molecule has 2 heterocycles. The number of nitrogens with one attached hydrogen (secondary N) is 1. The Labute approximate surface area is 179 Å². The van der Waals surface area contributed by atoms with E-state index < -0.39 is 12.0 Å². The van der Waals surface area contributed by atoms with Crippen LogP contribution in [0.5, 0.6) is 5.75 Å². The number of esters is 1. The molecule has 3 aromatic rings. The summed E-state index contributed by atoms with van der Waals surface area (Å²) in [5.41, 5.74) is 2.18. The number of ether oxygens (including phenoxy) is 2. The standard InChI is InChI=1S/C23H22N4O4/c1-3-31-23(29)18-14-19(27(26-18)15-8-5-4-6-9-15)22(28)25-17-11-12-20(30-2)21-16(17)10-7-13-24-21/h4-13,19H,3,14H2,1-2H3,(H,25,28). The molecule has 1 unspecified atom stereocenters. The van der Waals surface area contributed by atoms with E-state index in [0.29, 0.717) is 22.6 Å². The highest BCUT2D eigenvalue weighted by Crippen LogP contribution is 2.31. The summed E-state index contributed by atoms with van der Waals surface area (Å²) in [4.78, 5) is 29.9. The number of anilines is 2. The second kappa shape index (κ2) is 8.83. The Balaban J connectivity index is 1.64. The summed E-state index contributed by atoms with van der Waals surface area (Å²) in [6, 6.07) is 15.8. The third kappa shape index (κ3) is 4.05. The highest BCUT2D eigenvalue weighted by atomic mass is 16.5. The van der Waals surface area contributed by atoms with Gasteiger partial charge in [0.2, 0.25) is 5.91 Å². The fourth-order valence-corrected chi connectivity index (χ4v) is 3.51. The highest BCUT2D eigenvalue weighted by molar-refractivity contribution is 6.38. The molecule has 8 heteroatoms. The van der Waals surface area contributed by atoms with E-state index >= 15 is 0 Å². The second-order valence-electron chi connectivity index (χ2n) is 6.87. The van der Waals surface area contributed by atoms with E-state index in [1.165, 1.54) is 0 Å². The van der Waals surface area contributed by atoms with Gasteiger partial charge in [0.05, 0.1) is 25.1 Å². The molecule has 0 spiro atoms. The molecule has 0 saturated heterocycles. The van der Waals surface area contributed by atoms with Gasteiger partial charge in [-0.05, 0) is 43.3 Å². The van der Waals surface area contributed by atoms with Gasteiger partial charge in [0.25, 0.3) is 0 Å². The van der Waals surface area contributed by atoms with Crippen LogP contribution in [-0.4, -0.2) is 42.3 Å². The number of nitrogens with zero attached hydrogens (tertiary/aromatic N) is 3. The quantitative estimate of drug-likeness (QED) is 0.617. The first-order valence-corrected chi connectivity index (χ1v) is 9.93. The number of hydrogen-bond donors (Lipinski definition) is 1. The van der Waals surface area contributed by atoms with Crippen LogP contribution in [0.3, 0.4) is 0 Å². The third-order valence-corrected chi connectivity index (χ3v) is 4.96. The molecule has 158 valence electrons. The first kappa shape index (κ1) is 20.3. The van der Waals surface area contributed by atoms with Gasteiger partial charge < -0.3 is 14.8 Å². The number of rotatable bonds is 6. The van der Waals surface area contributed by atoms with Crippen molar-refractivity contribution in [3.05, 3.63) is 60.8 Å². The largest absolute Gasteiger partial charge is 0.494 e. The van der Waals surface area contributed by atoms with E-state index in [9.17, 15) is 9.59 Å². The van der Waals surface area contributed by atoms with Crippen molar-refractivity contribution in [2.75, 3.05) is 24.0 Å². The first-order chi connectivity index (χ1) is 15.1. The minimum absolute atomic E-state index is 0.145. The summed E-state index contributed by atoms with van der Waals surface area (Å²) in [6.07, 6.45) is 1.82. The number of fused-ring (bicyclic) bond motifs is 1. The molecular weight excluding hydrogens is 396 g/mol. The van der Waals surface area contributed by atoms with Crippen LogP contribution in [-0.2, 0) is 14.3 Å². The summed E-state index contributed by atoms with van der Waals surface area (Å²) in [5, 5.41) is 9.68. The topological polar surface area (TPSA) is 93.1 Å². The Hall–Kier alpha value is -3.94. The minimum Gasteiger partial charge on any atom is -0.494 e. The van der Waals surface area contributed by atoms with Crippen molar-refractivity contribution < 1.29 is 19.1 Å². The van der Waals surface area contributed by atoms with Crippen molar-refractivity contribution in [3.8, 4) is 5.75 Å². The van der Waals surface area contributed by atoms with E-state index in [0.717, 1.165) is 5.39 Å². The van der Waals surface area contributed by atoms with Gasteiger partial charge in [0, 0.05) is 18.0 Å². The molecule has 1 atom stereocenters. The molecule has 1 aliphatic rings. The predicted molar refractivity (Wildman–Crippen MR) is 118 cm³/mol. The Morgan fingerprint density at radius 3 is 2.68 bits per heavy atom. The lowest BCUT2D eigenvalue weighted by molar-refractivity contribution is -0.135. The van der Waals surface area contributed by atoms with Gasteiger partial charge in [0.1, 0.15) is 23.0 Å². The Morgan fingerprint density at radius 1 is 1.13 bits per heavy atom. The SMILES string of the molecule is CCOC(=O)C1=NN(c2ccccc2)C(C(=O)Nc2ccc(OC)c3ncccc23)C1. The van der Waals surface area contributed by atoms with Gasteiger partial charge in [-0.2, -0.15) is 5.10 Å². The Bertz CT molecular complexity index is 1150. The first-order valence-electron chi connectivity index (χ1n) is 9.93. The van der Waals surface area contributed by atoms with Gasteiger partial charge in [-0.1, -0.05) is 18.2 Å². The van der Waals surface area contributed by atoms with Gasteiger partial charge in [-0.25, -0.2) is 4.79 Å². The summed E-state index contributed by atoms with van der Waals surface area (Å²) in [5.74, 6) is -0.187. The van der Waals surface area contributed by atoms with Crippen LogP contribution in [0, 0.1) is 0 Å². The van der Waals surface area contributed by atoms with Crippen LogP contribution in [0.4, 0.5) is 11.4 Å². The zero-order valence-corrected chi connectivity index (χ0v) is 17.2. The van der Waals surface area contributed by atoms with Crippen molar-refractivity contribution in [1.82, 2.24) is 4.98 Å². The second-order valence-corrected chi connectivity index (χ2v) is 6.87. The fraction of sp³-hybridized carbons (Fsp3) is 0.217. The van der Waals surface area contributed by atoms with Crippen LogP contribution in [0.1, 0.15) is 13.3 Å². The van der Waals surface area contributed by atoms with Crippen LogP contribution >= 0.6 is 0 Å². The molecule has 2 aromatic carbocycles. The summed E-state index contributed by atoms with van der Waals surface area (Å²) in [7, 11) is 1.58. The maximum atomic E-state index is 13.3. The van der Waals surface area contributed by atoms with E-state index in [1.54, 1.807) is 43.4 Å². The van der Waals surface area contributed by atoms with Crippen LogP contribution in [0.25, 0.3) is 10.9 Å². The number of carbonyl (C=O) groups is 2. The number of pyridine rings is 1. The minimum atomic E-state index is -0.698. The van der Waals surface area contributed by atoms with E-state index in [2.05, 4.69) is 15.4 Å². The molecule has 4 rings (SSSR count). The summed E-state index contributed by atoms with van der Waals surface area (Å²) >= 11 is 0. The third-order valence-electron chi connectivity index (χ3n) is 4.96. The van der Waals surface area contributed by atoms with Crippen molar-refractivity contribution in [3.63, 3.8) is 0 Å².